The lowest BCUT2D eigenvalue weighted by atomic mass is 10.1. The first kappa shape index (κ1) is 30.4. The van der Waals surface area contributed by atoms with Crippen LogP contribution in [0.2, 0.25) is 0 Å². The van der Waals surface area contributed by atoms with Crippen molar-refractivity contribution in [2.75, 3.05) is 46.0 Å². The van der Waals surface area contributed by atoms with Crippen LogP contribution in [-0.2, 0) is 19.2 Å². The van der Waals surface area contributed by atoms with Gasteiger partial charge in [0.1, 0.15) is 6.04 Å². The Bertz CT molecular complexity index is 1130. The second kappa shape index (κ2) is 15.4. The highest BCUT2D eigenvalue weighted by molar-refractivity contribution is 5.96. The van der Waals surface area contributed by atoms with Crippen LogP contribution in [0.1, 0.15) is 43.1 Å². The Morgan fingerprint density at radius 2 is 1.80 bits per heavy atom. The van der Waals surface area contributed by atoms with Crippen molar-refractivity contribution in [1.82, 2.24) is 25.1 Å². The average molecular weight is 562 g/mol. The second-order valence-corrected chi connectivity index (χ2v) is 8.88. The molecule has 0 spiro atoms. The molecule has 1 saturated heterocycles. The van der Waals surface area contributed by atoms with Crippen molar-refractivity contribution in [2.45, 2.75) is 38.6 Å². The Labute approximate surface area is 231 Å². The van der Waals surface area contributed by atoms with Crippen LogP contribution in [0.4, 0.5) is 4.79 Å². The topological polar surface area (TPSA) is 173 Å². The maximum absolute atomic E-state index is 13.3. The van der Waals surface area contributed by atoms with Crippen LogP contribution in [0.25, 0.3) is 5.69 Å². The molecular weight excluding hydrogens is 526 g/mol. The van der Waals surface area contributed by atoms with Crippen LogP contribution in [0.3, 0.4) is 0 Å². The molecule has 0 aliphatic carbocycles. The fraction of sp³-hybridized carbons (Fsp3) is 0.500. The quantitative estimate of drug-likeness (QED) is 0.224. The average Bonchev–Trinajstić information content (AvgIpc) is 3.38. The number of aliphatic hydroxyl groups is 1. The van der Waals surface area contributed by atoms with Gasteiger partial charge in [-0.15, -0.1) is 5.06 Å². The number of nitrogens with zero attached hydrogens (tertiary/aromatic N) is 4. The monoisotopic (exact) mass is 561 g/mol. The maximum Gasteiger partial charge on any atom is 0.527 e. The molecular formula is C26H35N5O9. The Morgan fingerprint density at radius 1 is 1.07 bits per heavy atom. The van der Waals surface area contributed by atoms with E-state index in [1.54, 1.807) is 19.1 Å². The first-order valence-corrected chi connectivity index (χ1v) is 13.1. The summed E-state index contributed by atoms with van der Waals surface area (Å²) in [5.74, 6) is -1.91. The standard InChI is InChI=1S/C26H35N5O9/c1-2-38-26(37)40-30-14-12-29(13-15-30)25(36)20(10-11-23(33)34)27-24(35)21-18-22(39-17-7-6-16-32)31(28-21)19-8-4-3-5-9-19/h3-5,8-9,18,20,32H,2,6-7,10-17H2,1H3,(H,27,35)(H,33,34)/t20-/m0/s1. The molecule has 1 atom stereocenters. The molecule has 0 saturated carbocycles. The van der Waals surface area contributed by atoms with E-state index in [1.807, 2.05) is 18.2 Å². The van der Waals surface area contributed by atoms with Crippen LogP contribution in [0, 0.1) is 0 Å². The highest BCUT2D eigenvalue weighted by Crippen LogP contribution is 2.20. The molecule has 1 aliphatic rings. The van der Waals surface area contributed by atoms with Gasteiger partial charge in [-0.3, -0.25) is 14.4 Å². The van der Waals surface area contributed by atoms with Crippen molar-refractivity contribution in [2.24, 2.45) is 0 Å². The molecule has 1 aromatic heterocycles. The third-order valence-corrected chi connectivity index (χ3v) is 5.98. The summed E-state index contributed by atoms with van der Waals surface area (Å²) < 4.78 is 12.0. The summed E-state index contributed by atoms with van der Waals surface area (Å²) >= 11 is 0. The van der Waals surface area contributed by atoms with E-state index in [0.29, 0.717) is 31.0 Å². The number of para-hydroxylation sites is 1. The Hall–Kier alpha value is -4.17. The van der Waals surface area contributed by atoms with E-state index in [9.17, 15) is 24.3 Å². The highest BCUT2D eigenvalue weighted by Gasteiger charge is 2.31. The summed E-state index contributed by atoms with van der Waals surface area (Å²) in [5.41, 5.74) is 0.641. The minimum Gasteiger partial charge on any atom is -0.481 e. The third-order valence-electron chi connectivity index (χ3n) is 5.98. The molecule has 14 nitrogen and oxygen atoms in total. The molecule has 2 aromatic rings. The number of nitrogens with one attached hydrogen (secondary N) is 1. The number of rotatable bonds is 14. The van der Waals surface area contributed by atoms with Crippen molar-refractivity contribution in [3.63, 3.8) is 0 Å². The molecule has 0 radical (unpaired) electrons. The van der Waals surface area contributed by atoms with Gasteiger partial charge in [0.25, 0.3) is 5.91 Å². The zero-order chi connectivity index (χ0) is 28.9. The number of aliphatic hydroxyl groups excluding tert-OH is 1. The predicted octanol–water partition coefficient (Wildman–Crippen LogP) is 1.22. The number of carboxylic acid groups (broad SMARTS) is 1. The summed E-state index contributed by atoms with van der Waals surface area (Å²) in [6, 6.07) is 9.38. The number of unbranched alkanes of at least 4 members (excludes halogenated alkanes) is 1. The van der Waals surface area contributed by atoms with Crippen molar-refractivity contribution in [3.05, 3.63) is 42.1 Å². The lowest BCUT2D eigenvalue weighted by Crippen LogP contribution is -2.55. The van der Waals surface area contributed by atoms with Gasteiger partial charge in [0.05, 0.1) is 32.0 Å². The van der Waals surface area contributed by atoms with E-state index in [2.05, 4.69) is 10.4 Å². The minimum atomic E-state index is -1.11. The number of piperazine rings is 1. The van der Waals surface area contributed by atoms with Crippen molar-refractivity contribution >= 4 is 23.9 Å². The number of amides is 2. The third kappa shape index (κ3) is 8.95. The van der Waals surface area contributed by atoms with Crippen LogP contribution < -0.4 is 10.1 Å². The number of carbonyl (C=O) groups excluding carboxylic acids is 3. The molecule has 3 N–H and O–H groups in total. The number of hydrogen-bond donors (Lipinski definition) is 3. The van der Waals surface area contributed by atoms with Gasteiger partial charge >= 0.3 is 12.1 Å². The van der Waals surface area contributed by atoms with Crippen molar-refractivity contribution < 1.29 is 43.7 Å². The van der Waals surface area contributed by atoms with Gasteiger partial charge in [0.15, 0.2) is 5.69 Å². The Morgan fingerprint density at radius 3 is 2.45 bits per heavy atom. The number of aliphatic carboxylic acids is 1. The summed E-state index contributed by atoms with van der Waals surface area (Å²) in [5, 5.41) is 26.6. The fourth-order valence-electron chi connectivity index (χ4n) is 3.95. The van der Waals surface area contributed by atoms with Gasteiger partial charge in [0.2, 0.25) is 11.8 Å². The smallest absolute Gasteiger partial charge is 0.481 e. The molecule has 2 heterocycles. The van der Waals surface area contributed by atoms with Crippen LogP contribution in [-0.4, -0.2) is 106 Å². The minimum absolute atomic E-state index is 0.0122. The lowest BCUT2D eigenvalue weighted by Gasteiger charge is -2.35. The molecule has 1 aliphatic heterocycles. The number of hydroxylamine groups is 2. The number of aromatic nitrogens is 2. The largest absolute Gasteiger partial charge is 0.527 e. The molecule has 3 rings (SSSR count). The molecule has 0 bridgehead atoms. The van der Waals surface area contributed by atoms with E-state index in [0.717, 1.165) is 0 Å². The van der Waals surface area contributed by atoms with Gasteiger partial charge in [-0.1, -0.05) is 18.2 Å². The van der Waals surface area contributed by atoms with Crippen molar-refractivity contribution in [3.8, 4) is 11.6 Å². The Balaban J connectivity index is 1.71. The summed E-state index contributed by atoms with van der Waals surface area (Å²) in [6.45, 7) is 3.01. The zero-order valence-electron chi connectivity index (χ0n) is 22.4. The number of carbonyl (C=O) groups is 4. The summed E-state index contributed by atoms with van der Waals surface area (Å²) in [4.78, 5) is 55.9. The van der Waals surface area contributed by atoms with Gasteiger partial charge in [-0.25, -0.2) is 9.48 Å². The maximum atomic E-state index is 13.3. The normalized spacial score (nSPS) is 14.3. The highest BCUT2D eigenvalue weighted by atomic mass is 16.8. The van der Waals surface area contributed by atoms with Gasteiger partial charge < -0.3 is 34.7 Å². The van der Waals surface area contributed by atoms with Gasteiger partial charge in [0, 0.05) is 32.2 Å². The van der Waals surface area contributed by atoms with E-state index in [1.165, 1.54) is 20.7 Å². The van der Waals surface area contributed by atoms with Crippen molar-refractivity contribution in [1.29, 1.82) is 0 Å². The summed E-state index contributed by atoms with van der Waals surface area (Å²) in [6.07, 6.45) is -0.130. The van der Waals surface area contributed by atoms with Crippen LogP contribution in [0.15, 0.2) is 36.4 Å². The molecule has 0 unspecified atom stereocenters. The Kier molecular flexibility index (Phi) is 11.7. The lowest BCUT2D eigenvalue weighted by molar-refractivity contribution is -0.157. The second-order valence-electron chi connectivity index (χ2n) is 8.88. The van der Waals surface area contributed by atoms with Crippen LogP contribution in [0.5, 0.6) is 5.88 Å². The molecule has 40 heavy (non-hydrogen) atoms. The summed E-state index contributed by atoms with van der Waals surface area (Å²) in [7, 11) is 0. The first-order valence-electron chi connectivity index (χ1n) is 13.1. The molecule has 2 amide bonds. The predicted molar refractivity (Wildman–Crippen MR) is 140 cm³/mol. The van der Waals surface area contributed by atoms with E-state index in [-0.39, 0.29) is 57.9 Å². The van der Waals surface area contributed by atoms with E-state index in [4.69, 9.17) is 19.4 Å². The molecule has 218 valence electrons. The molecule has 1 fully saturated rings. The molecule has 14 heteroatoms. The van der Waals surface area contributed by atoms with E-state index < -0.39 is 30.0 Å². The molecule has 1 aromatic carbocycles. The first-order chi connectivity index (χ1) is 19.3. The van der Waals surface area contributed by atoms with Crippen LogP contribution >= 0.6 is 0 Å². The van der Waals surface area contributed by atoms with Gasteiger partial charge in [-0.2, -0.15) is 5.10 Å². The number of ether oxygens (including phenoxy) is 2. The fourth-order valence-corrected chi connectivity index (χ4v) is 3.95. The zero-order valence-corrected chi connectivity index (χ0v) is 22.4. The number of carboxylic acids is 1. The SMILES string of the molecule is CCOC(=O)ON1CCN(C(=O)[C@H](CCC(=O)O)NC(=O)c2cc(OCCCCO)n(-c3ccccc3)n2)CC1. The van der Waals surface area contributed by atoms with Gasteiger partial charge in [-0.05, 0) is 38.3 Å². The number of hydrogen-bond acceptors (Lipinski definition) is 10. The number of benzene rings is 1. The van der Waals surface area contributed by atoms with E-state index >= 15 is 0 Å².